The van der Waals surface area contributed by atoms with Crippen molar-refractivity contribution in [2.24, 2.45) is 7.05 Å². The van der Waals surface area contributed by atoms with Crippen molar-refractivity contribution in [3.63, 3.8) is 0 Å². The first-order chi connectivity index (χ1) is 8.41. The van der Waals surface area contributed by atoms with Crippen molar-refractivity contribution in [2.45, 2.75) is 6.92 Å². The lowest BCUT2D eigenvalue weighted by Crippen LogP contribution is -2.30. The van der Waals surface area contributed by atoms with Gasteiger partial charge in [-0.25, -0.2) is 0 Å². The number of aromatic nitrogens is 1. The van der Waals surface area contributed by atoms with Crippen LogP contribution in [-0.2, 0) is 7.05 Å². The predicted octanol–water partition coefficient (Wildman–Crippen LogP) is 1.55. The van der Waals surface area contributed by atoms with Crippen molar-refractivity contribution in [3.8, 4) is 0 Å². The Kier molecular flexibility index (Phi) is 2.95. The average Bonchev–Trinajstić information content (AvgIpc) is 2.33. The fourth-order valence-electron chi connectivity index (χ4n) is 1.95. The molecule has 4 nitrogen and oxygen atoms in total. The number of hydrogen-bond acceptors (Lipinski definition) is 2. The molecule has 2 aromatic rings. The molecule has 1 amide bonds. The molecule has 0 unspecified atom stereocenters. The maximum Gasteiger partial charge on any atom is 0.270 e. The molecular weight excluding hydrogens is 228 g/mol. The Morgan fingerprint density at radius 2 is 1.89 bits per heavy atom. The van der Waals surface area contributed by atoms with Crippen molar-refractivity contribution in [1.29, 1.82) is 0 Å². The molecule has 1 heterocycles. The third kappa shape index (κ3) is 1.90. The number of fused-ring (bicyclic) bond motifs is 1. The van der Waals surface area contributed by atoms with Gasteiger partial charge in [0.25, 0.3) is 11.5 Å². The van der Waals surface area contributed by atoms with Gasteiger partial charge in [-0.3, -0.25) is 9.59 Å². The monoisotopic (exact) mass is 244 g/mol. The van der Waals surface area contributed by atoms with E-state index in [0.29, 0.717) is 11.1 Å². The Bertz CT molecular complexity index is 684. The summed E-state index contributed by atoms with van der Waals surface area (Å²) in [6.45, 7) is 1.94. The number of carbonyl (C=O) groups is 1. The smallest absolute Gasteiger partial charge is 0.270 e. The summed E-state index contributed by atoms with van der Waals surface area (Å²) in [5.41, 5.74) is 1.30. The van der Waals surface area contributed by atoms with E-state index < -0.39 is 0 Å². The van der Waals surface area contributed by atoms with E-state index >= 15 is 0 Å². The molecule has 1 aromatic heterocycles. The van der Waals surface area contributed by atoms with Gasteiger partial charge in [0.1, 0.15) is 5.69 Å². The number of pyridine rings is 1. The molecule has 0 atom stereocenters. The van der Waals surface area contributed by atoms with Crippen molar-refractivity contribution in [1.82, 2.24) is 9.47 Å². The minimum atomic E-state index is -0.169. The summed E-state index contributed by atoms with van der Waals surface area (Å²) < 4.78 is 1.41. The Labute approximate surface area is 105 Å². The molecule has 0 fully saturated rings. The molecule has 0 N–H and O–H groups in total. The molecule has 0 bridgehead atoms. The van der Waals surface area contributed by atoms with Gasteiger partial charge in [0.2, 0.25) is 0 Å². The number of nitrogens with zero attached hydrogens (tertiary/aromatic N) is 2. The Morgan fingerprint density at radius 3 is 2.50 bits per heavy atom. The fourth-order valence-corrected chi connectivity index (χ4v) is 1.95. The first-order valence-electron chi connectivity index (χ1n) is 5.74. The number of rotatable bonds is 1. The van der Waals surface area contributed by atoms with Gasteiger partial charge in [-0.15, -0.1) is 0 Å². The quantitative estimate of drug-likeness (QED) is 0.763. The maximum absolute atomic E-state index is 12.2. The fraction of sp³-hybridized carbons (Fsp3) is 0.286. The van der Waals surface area contributed by atoms with Crippen molar-refractivity contribution < 1.29 is 4.79 Å². The zero-order valence-electron chi connectivity index (χ0n) is 11.0. The van der Waals surface area contributed by atoms with Gasteiger partial charge in [0.05, 0.1) is 0 Å². The summed E-state index contributed by atoms with van der Waals surface area (Å²) in [7, 11) is 4.97. The highest BCUT2D eigenvalue weighted by atomic mass is 16.2. The van der Waals surface area contributed by atoms with Crippen LogP contribution in [0.1, 0.15) is 16.1 Å². The standard InChI is InChI=1S/C14H16N2O2/c1-9-5-6-10-8-12(14(18)15(2)3)16(4)13(17)11(10)7-9/h5-8H,1-4H3. The highest BCUT2D eigenvalue weighted by Gasteiger charge is 2.14. The van der Waals surface area contributed by atoms with E-state index in [9.17, 15) is 9.59 Å². The van der Waals surface area contributed by atoms with Gasteiger partial charge in [0.15, 0.2) is 0 Å². The first kappa shape index (κ1) is 12.4. The molecule has 0 aliphatic rings. The maximum atomic E-state index is 12.2. The molecule has 0 saturated heterocycles. The zero-order valence-corrected chi connectivity index (χ0v) is 11.0. The molecule has 0 aliphatic carbocycles. The lowest BCUT2D eigenvalue weighted by Gasteiger charge is -2.14. The summed E-state index contributed by atoms with van der Waals surface area (Å²) in [5, 5.41) is 1.45. The highest BCUT2D eigenvalue weighted by Crippen LogP contribution is 2.14. The highest BCUT2D eigenvalue weighted by molar-refractivity contribution is 5.96. The van der Waals surface area contributed by atoms with Crippen molar-refractivity contribution >= 4 is 16.7 Å². The minimum absolute atomic E-state index is 0.138. The minimum Gasteiger partial charge on any atom is -0.343 e. The van der Waals surface area contributed by atoms with Crippen LogP contribution in [0.25, 0.3) is 10.8 Å². The molecule has 2 rings (SSSR count). The third-order valence-corrected chi connectivity index (χ3v) is 3.02. The molecule has 0 spiro atoms. The predicted molar refractivity (Wildman–Crippen MR) is 71.9 cm³/mol. The van der Waals surface area contributed by atoms with E-state index in [2.05, 4.69) is 0 Å². The Hall–Kier alpha value is -2.10. The van der Waals surface area contributed by atoms with E-state index in [-0.39, 0.29) is 11.5 Å². The molecule has 0 saturated carbocycles. The van der Waals surface area contributed by atoms with E-state index in [1.165, 1.54) is 9.47 Å². The van der Waals surface area contributed by atoms with Gasteiger partial charge >= 0.3 is 0 Å². The van der Waals surface area contributed by atoms with E-state index in [0.717, 1.165) is 10.9 Å². The second kappa shape index (κ2) is 4.29. The van der Waals surface area contributed by atoms with E-state index in [4.69, 9.17) is 0 Å². The van der Waals surface area contributed by atoms with Crippen molar-refractivity contribution in [2.75, 3.05) is 14.1 Å². The van der Waals surface area contributed by atoms with Gasteiger partial charge in [-0.1, -0.05) is 17.7 Å². The van der Waals surface area contributed by atoms with Gasteiger partial charge in [-0.2, -0.15) is 0 Å². The average molecular weight is 244 g/mol. The lowest BCUT2D eigenvalue weighted by molar-refractivity contribution is 0.0817. The molecule has 0 radical (unpaired) electrons. The number of carbonyl (C=O) groups excluding carboxylic acids is 1. The number of aryl methyl sites for hydroxylation is 1. The SMILES string of the molecule is Cc1ccc2cc(C(=O)N(C)C)n(C)c(=O)c2c1. The van der Waals surface area contributed by atoms with E-state index in [1.807, 2.05) is 25.1 Å². The molecule has 18 heavy (non-hydrogen) atoms. The van der Waals surface area contributed by atoms with Gasteiger partial charge in [-0.05, 0) is 24.4 Å². The third-order valence-electron chi connectivity index (χ3n) is 3.02. The summed E-state index contributed by atoms with van der Waals surface area (Å²) in [6, 6.07) is 7.42. The molecule has 0 aliphatic heterocycles. The first-order valence-corrected chi connectivity index (χ1v) is 5.74. The van der Waals surface area contributed by atoms with Crippen LogP contribution in [0.3, 0.4) is 0 Å². The molecule has 4 heteroatoms. The van der Waals surface area contributed by atoms with Crippen LogP contribution in [-0.4, -0.2) is 29.5 Å². The van der Waals surface area contributed by atoms with Gasteiger partial charge < -0.3 is 9.47 Å². The van der Waals surface area contributed by atoms with Crippen LogP contribution in [0.4, 0.5) is 0 Å². The van der Waals surface area contributed by atoms with Crippen LogP contribution >= 0.6 is 0 Å². The number of benzene rings is 1. The zero-order chi connectivity index (χ0) is 13.4. The second-order valence-electron chi connectivity index (χ2n) is 4.68. The van der Waals surface area contributed by atoms with Crippen LogP contribution in [0.2, 0.25) is 0 Å². The normalized spacial score (nSPS) is 10.7. The lowest BCUT2D eigenvalue weighted by atomic mass is 10.1. The van der Waals surface area contributed by atoms with Crippen LogP contribution in [0.5, 0.6) is 0 Å². The van der Waals surface area contributed by atoms with Crippen LogP contribution in [0.15, 0.2) is 29.1 Å². The molecular formula is C14H16N2O2. The number of amides is 1. The van der Waals surface area contributed by atoms with Crippen LogP contribution in [0, 0.1) is 6.92 Å². The Balaban J connectivity index is 2.80. The summed E-state index contributed by atoms with van der Waals surface area (Å²) in [6.07, 6.45) is 0. The Morgan fingerprint density at radius 1 is 1.22 bits per heavy atom. The van der Waals surface area contributed by atoms with Crippen LogP contribution < -0.4 is 5.56 Å². The largest absolute Gasteiger partial charge is 0.343 e. The molecule has 1 aromatic carbocycles. The van der Waals surface area contributed by atoms with Gasteiger partial charge in [0, 0.05) is 26.5 Å². The van der Waals surface area contributed by atoms with E-state index in [1.54, 1.807) is 27.2 Å². The molecule has 94 valence electrons. The summed E-state index contributed by atoms with van der Waals surface area (Å²) in [4.78, 5) is 25.7. The van der Waals surface area contributed by atoms with Crippen molar-refractivity contribution in [3.05, 3.63) is 45.9 Å². The second-order valence-corrected chi connectivity index (χ2v) is 4.68. The number of hydrogen-bond donors (Lipinski definition) is 0. The topological polar surface area (TPSA) is 42.3 Å². The summed E-state index contributed by atoms with van der Waals surface area (Å²) >= 11 is 0. The summed E-state index contributed by atoms with van der Waals surface area (Å²) in [5.74, 6) is -0.169.